The Balaban J connectivity index is 2.65. The molecule has 0 unspecified atom stereocenters. The zero-order valence-corrected chi connectivity index (χ0v) is 10.6. The van der Waals surface area contributed by atoms with Crippen molar-refractivity contribution in [2.75, 3.05) is 0 Å². The average molecular weight is 257 g/mol. The number of aromatic hydroxyl groups is 1. The second-order valence-corrected chi connectivity index (χ2v) is 5.70. The van der Waals surface area contributed by atoms with Gasteiger partial charge >= 0.3 is 0 Å². The maximum absolute atomic E-state index is 9.32. The Bertz CT molecular complexity index is 313. The molecule has 0 aliphatic carbocycles. The van der Waals surface area contributed by atoms with Crippen molar-refractivity contribution in [2.24, 2.45) is 5.41 Å². The van der Waals surface area contributed by atoms with Crippen LogP contribution in [-0.4, -0.2) is 5.11 Å². The summed E-state index contributed by atoms with van der Waals surface area (Å²) in [5.41, 5.74) is 1.63. The van der Waals surface area contributed by atoms with Gasteiger partial charge in [0, 0.05) is 0 Å². The molecule has 14 heavy (non-hydrogen) atoms. The lowest BCUT2D eigenvalue weighted by molar-refractivity contribution is 0.378. The van der Waals surface area contributed by atoms with Gasteiger partial charge in [-0.15, -0.1) is 0 Å². The van der Waals surface area contributed by atoms with Gasteiger partial charge in [-0.2, -0.15) is 0 Å². The van der Waals surface area contributed by atoms with Gasteiger partial charge in [-0.3, -0.25) is 0 Å². The molecule has 0 saturated heterocycles. The minimum absolute atomic E-state index is 0.310. The summed E-state index contributed by atoms with van der Waals surface area (Å²) < 4.78 is 0.781. The van der Waals surface area contributed by atoms with Gasteiger partial charge in [0.15, 0.2) is 0 Å². The molecule has 0 bridgehead atoms. The molecule has 0 aliphatic heterocycles. The summed E-state index contributed by atoms with van der Waals surface area (Å²) >= 11 is 3.32. The Morgan fingerprint density at radius 3 is 2.43 bits per heavy atom. The van der Waals surface area contributed by atoms with Crippen LogP contribution in [0.2, 0.25) is 0 Å². The largest absolute Gasteiger partial charge is 0.507 e. The molecule has 0 heterocycles. The Kier molecular flexibility index (Phi) is 3.59. The molecule has 78 valence electrons. The second kappa shape index (κ2) is 4.35. The summed E-state index contributed by atoms with van der Waals surface area (Å²) in [6.45, 7) is 6.72. The summed E-state index contributed by atoms with van der Waals surface area (Å²) in [5.74, 6) is 0.310. The lowest BCUT2D eigenvalue weighted by Crippen LogP contribution is -2.06. The van der Waals surface area contributed by atoms with Crippen LogP contribution in [-0.2, 0) is 6.42 Å². The highest BCUT2D eigenvalue weighted by Crippen LogP contribution is 2.27. The fourth-order valence-corrected chi connectivity index (χ4v) is 1.65. The molecular weight excluding hydrogens is 240 g/mol. The molecule has 1 aromatic carbocycles. The van der Waals surface area contributed by atoms with Gasteiger partial charge in [-0.05, 0) is 51.9 Å². The van der Waals surface area contributed by atoms with Gasteiger partial charge in [0.05, 0.1) is 4.47 Å². The van der Waals surface area contributed by atoms with Crippen LogP contribution in [0, 0.1) is 5.41 Å². The fourth-order valence-electron chi connectivity index (χ4n) is 1.23. The second-order valence-electron chi connectivity index (χ2n) is 4.85. The maximum Gasteiger partial charge on any atom is 0.129 e. The Morgan fingerprint density at radius 1 is 1.29 bits per heavy atom. The third-order valence-corrected chi connectivity index (χ3v) is 2.81. The molecule has 1 N–H and O–H groups in total. The first kappa shape index (κ1) is 11.6. The Hall–Kier alpha value is -0.500. The van der Waals surface area contributed by atoms with Crippen LogP contribution in [0.25, 0.3) is 0 Å². The summed E-state index contributed by atoms with van der Waals surface area (Å²) in [6, 6.07) is 5.70. The van der Waals surface area contributed by atoms with E-state index in [1.807, 2.05) is 12.1 Å². The van der Waals surface area contributed by atoms with Crippen LogP contribution in [0.5, 0.6) is 5.75 Å². The molecule has 0 spiro atoms. The third kappa shape index (κ3) is 3.70. The molecule has 1 rings (SSSR count). The van der Waals surface area contributed by atoms with E-state index in [1.54, 1.807) is 6.07 Å². The van der Waals surface area contributed by atoms with Gasteiger partial charge in [-0.1, -0.05) is 26.8 Å². The van der Waals surface area contributed by atoms with Crippen molar-refractivity contribution in [2.45, 2.75) is 33.6 Å². The number of phenolic OH excluding ortho intramolecular Hbond substituents is 1. The molecule has 0 fully saturated rings. The number of benzene rings is 1. The summed E-state index contributed by atoms with van der Waals surface area (Å²) in [6.07, 6.45) is 2.21. The SMILES string of the molecule is CC(C)(C)CCc1ccc(O)c(Br)c1. The molecular formula is C12H17BrO. The van der Waals surface area contributed by atoms with E-state index in [-0.39, 0.29) is 0 Å². The van der Waals surface area contributed by atoms with Crippen LogP contribution >= 0.6 is 15.9 Å². The van der Waals surface area contributed by atoms with Gasteiger partial charge < -0.3 is 5.11 Å². The van der Waals surface area contributed by atoms with E-state index in [1.165, 1.54) is 5.56 Å². The number of halogens is 1. The predicted molar refractivity (Wildman–Crippen MR) is 63.6 cm³/mol. The molecule has 2 heteroatoms. The van der Waals surface area contributed by atoms with Crippen molar-refractivity contribution in [1.29, 1.82) is 0 Å². The van der Waals surface area contributed by atoms with Crippen molar-refractivity contribution in [1.82, 2.24) is 0 Å². The van der Waals surface area contributed by atoms with Gasteiger partial charge in [0.25, 0.3) is 0 Å². The van der Waals surface area contributed by atoms with Gasteiger partial charge in [-0.25, -0.2) is 0 Å². The van der Waals surface area contributed by atoms with Crippen molar-refractivity contribution < 1.29 is 5.11 Å². The zero-order chi connectivity index (χ0) is 10.8. The first-order chi connectivity index (χ1) is 6.38. The minimum atomic E-state index is 0.310. The highest BCUT2D eigenvalue weighted by atomic mass is 79.9. The Labute approximate surface area is 94.3 Å². The normalized spacial score (nSPS) is 11.7. The average Bonchev–Trinajstić information content (AvgIpc) is 2.06. The van der Waals surface area contributed by atoms with E-state index >= 15 is 0 Å². The predicted octanol–water partition coefficient (Wildman–Crippen LogP) is 4.13. The van der Waals surface area contributed by atoms with Crippen LogP contribution < -0.4 is 0 Å². The van der Waals surface area contributed by atoms with Gasteiger partial charge in [0.1, 0.15) is 5.75 Å². The molecule has 0 aromatic heterocycles. The van der Waals surface area contributed by atoms with Gasteiger partial charge in [0.2, 0.25) is 0 Å². The lowest BCUT2D eigenvalue weighted by atomic mass is 9.89. The number of phenols is 1. The summed E-state index contributed by atoms with van der Waals surface area (Å²) in [7, 11) is 0. The monoisotopic (exact) mass is 256 g/mol. The molecule has 0 aliphatic rings. The highest BCUT2D eigenvalue weighted by Gasteiger charge is 2.10. The Morgan fingerprint density at radius 2 is 1.93 bits per heavy atom. The number of aryl methyl sites for hydroxylation is 1. The van der Waals surface area contributed by atoms with E-state index in [0.29, 0.717) is 11.2 Å². The standard InChI is InChI=1S/C12H17BrO/c1-12(2,3)7-6-9-4-5-11(14)10(13)8-9/h4-5,8,14H,6-7H2,1-3H3. The van der Waals surface area contributed by atoms with E-state index < -0.39 is 0 Å². The fraction of sp³-hybridized carbons (Fsp3) is 0.500. The summed E-state index contributed by atoms with van der Waals surface area (Å²) in [4.78, 5) is 0. The van der Waals surface area contributed by atoms with Crippen molar-refractivity contribution in [3.63, 3.8) is 0 Å². The van der Waals surface area contributed by atoms with Crippen LogP contribution in [0.4, 0.5) is 0 Å². The maximum atomic E-state index is 9.32. The van der Waals surface area contributed by atoms with E-state index in [2.05, 4.69) is 36.7 Å². The number of hydrogen-bond donors (Lipinski definition) is 1. The van der Waals surface area contributed by atoms with Crippen molar-refractivity contribution >= 4 is 15.9 Å². The quantitative estimate of drug-likeness (QED) is 0.844. The molecule has 0 atom stereocenters. The van der Waals surface area contributed by atoms with Crippen LogP contribution in [0.15, 0.2) is 22.7 Å². The molecule has 1 aromatic rings. The van der Waals surface area contributed by atoms with Crippen LogP contribution in [0.3, 0.4) is 0 Å². The van der Waals surface area contributed by atoms with E-state index in [0.717, 1.165) is 17.3 Å². The first-order valence-electron chi connectivity index (χ1n) is 4.86. The minimum Gasteiger partial charge on any atom is -0.507 e. The molecule has 0 radical (unpaired) electrons. The van der Waals surface area contributed by atoms with E-state index in [9.17, 15) is 5.11 Å². The number of rotatable bonds is 2. The lowest BCUT2D eigenvalue weighted by Gasteiger charge is -2.17. The van der Waals surface area contributed by atoms with Crippen molar-refractivity contribution in [3.05, 3.63) is 28.2 Å². The van der Waals surface area contributed by atoms with Crippen molar-refractivity contribution in [3.8, 4) is 5.75 Å². The first-order valence-corrected chi connectivity index (χ1v) is 5.65. The molecule has 0 amide bonds. The zero-order valence-electron chi connectivity index (χ0n) is 8.97. The summed E-state index contributed by atoms with van der Waals surface area (Å²) in [5, 5.41) is 9.32. The topological polar surface area (TPSA) is 20.2 Å². The highest BCUT2D eigenvalue weighted by molar-refractivity contribution is 9.10. The molecule has 1 nitrogen and oxygen atoms in total. The van der Waals surface area contributed by atoms with E-state index in [4.69, 9.17) is 0 Å². The van der Waals surface area contributed by atoms with Crippen LogP contribution in [0.1, 0.15) is 32.8 Å². The smallest absolute Gasteiger partial charge is 0.129 e. The molecule has 0 saturated carbocycles. The number of hydrogen-bond acceptors (Lipinski definition) is 1. The third-order valence-electron chi connectivity index (χ3n) is 2.18.